The summed E-state index contributed by atoms with van der Waals surface area (Å²) in [7, 11) is 7.99. The van der Waals surface area contributed by atoms with E-state index in [1.165, 1.54) is 65.1 Å². The van der Waals surface area contributed by atoms with E-state index in [0.717, 1.165) is 0 Å². The maximum atomic E-state index is 4.81. The fourth-order valence-corrected chi connectivity index (χ4v) is 17.7. The van der Waals surface area contributed by atoms with E-state index >= 15 is 0 Å². The number of benzene rings is 8. The molecule has 0 heterocycles. The Kier molecular flexibility index (Phi) is 30.7. The first-order chi connectivity index (χ1) is 37.2. The van der Waals surface area contributed by atoms with Gasteiger partial charge in [-0.3, -0.25) is 0 Å². The van der Waals surface area contributed by atoms with E-state index in [4.69, 9.17) is 19.1 Å². The van der Waals surface area contributed by atoms with Crippen LogP contribution in [-0.2, 0) is 50.1 Å². The van der Waals surface area contributed by atoms with Gasteiger partial charge in [0.1, 0.15) is 0 Å². The molecule has 12 rings (SSSR count). The minimum Gasteiger partial charge on any atom is 2.00 e. The molecule has 384 valence electrons. The topological polar surface area (TPSA) is 0 Å². The molecule has 0 N–H and O–H groups in total. The number of hydrogen-bond acceptors (Lipinski definition) is 0. The Bertz CT molecular complexity index is 2160. The van der Waals surface area contributed by atoms with Gasteiger partial charge >= 0.3 is 69.1 Å². The molecule has 8 aromatic carbocycles. The van der Waals surface area contributed by atoms with Gasteiger partial charge in [-0.05, 0) is 177 Å². The summed E-state index contributed by atoms with van der Waals surface area (Å²) >= 11 is -0.106. The maximum absolute atomic E-state index is 4.81. The maximum Gasteiger partial charge on any atom is 2.00 e. The van der Waals surface area contributed by atoms with Crippen molar-refractivity contribution < 1.29 is 50.1 Å². The van der Waals surface area contributed by atoms with E-state index < -0.39 is 31.7 Å². The number of hydrogen-bond donors (Lipinski definition) is 0. The first-order valence-corrected chi connectivity index (χ1v) is 33.9. The van der Waals surface area contributed by atoms with Crippen LogP contribution in [0.1, 0.15) is 0 Å². The second-order valence-corrected chi connectivity index (χ2v) is 27.9. The average Bonchev–Trinajstić information content (AvgIpc) is 4.37. The van der Waals surface area contributed by atoms with E-state index in [0.29, 0.717) is 0 Å². The van der Waals surface area contributed by atoms with Crippen LogP contribution in [0.4, 0.5) is 0 Å². The summed E-state index contributed by atoms with van der Waals surface area (Å²) in [5.41, 5.74) is 5.68. The van der Waals surface area contributed by atoms with Gasteiger partial charge in [-0.25, -0.2) is 0 Å². The third-order valence-electron chi connectivity index (χ3n) is 11.7. The van der Waals surface area contributed by atoms with Gasteiger partial charge in [0.05, 0.1) is 0 Å². The van der Waals surface area contributed by atoms with Gasteiger partial charge in [-0.1, -0.05) is 243 Å². The van der Waals surface area contributed by atoms with Gasteiger partial charge < -0.3 is 0 Å². The molecule has 0 bridgehead atoms. The Hall–Kier alpha value is -2.24. The van der Waals surface area contributed by atoms with Crippen LogP contribution in [-0.4, -0.2) is 0 Å². The van der Waals surface area contributed by atoms with Gasteiger partial charge in [0.25, 0.3) is 0 Å². The molecule has 20 radical (unpaired) electrons. The van der Waals surface area contributed by atoms with Crippen LogP contribution < -0.4 is 42.4 Å². The molecule has 4 fully saturated rings. The van der Waals surface area contributed by atoms with Crippen LogP contribution in [0.15, 0.2) is 243 Å². The third kappa shape index (κ3) is 20.0. The standard InChI is InChI=1S/4C17H14P.2ClH.2Fe.Pd/c4*1-3-9-15(10-4-1)18(17-13-7-8-14-17)16-11-5-2-6-12-16;;;;;/h4*1-14H;2*1H;;;/q;;;;;;3*+2/p-2. The first kappa shape index (κ1) is 63.9. The minimum absolute atomic E-state index is 0. The van der Waals surface area contributed by atoms with Crippen molar-refractivity contribution >= 4 is 93.2 Å². The summed E-state index contributed by atoms with van der Waals surface area (Å²) in [6.45, 7) is 0. The molecule has 9 heteroatoms. The molecule has 8 aromatic rings. The zero-order valence-corrected chi connectivity index (χ0v) is 50.8. The molecule has 0 unspecified atom stereocenters. The van der Waals surface area contributed by atoms with Crippen molar-refractivity contribution in [1.82, 2.24) is 0 Å². The molecule has 0 nitrogen and oxygen atoms in total. The van der Waals surface area contributed by atoms with Crippen molar-refractivity contribution in [2.45, 2.75) is 0 Å². The average molecular weight is 1290 g/mol. The summed E-state index contributed by atoms with van der Waals surface area (Å²) < 4.78 is 0. The molecule has 0 spiro atoms. The second-order valence-electron chi connectivity index (χ2n) is 16.6. The molecule has 0 aliphatic heterocycles. The Labute approximate surface area is 506 Å². The number of rotatable bonds is 12. The van der Waals surface area contributed by atoms with Crippen LogP contribution in [0.3, 0.4) is 0 Å². The smallest absolute Gasteiger partial charge is 2.00 e. The SMILES string of the molecule is [CH]1[CH][CH][C](P(c2ccccc2)c2ccccc2)[CH]1.[CH]1[CH][CH][C](P(c2ccccc2)c2ccccc2)[CH]1.[CH]1[CH][CH][C](P(c2ccccc2)c2ccccc2)[CH]1.[CH]1[CH][CH][C](P(c2ccccc2)c2ccccc2)[CH]1.[Cl][Pd][Cl].[Fe+2].[Fe+2]. The van der Waals surface area contributed by atoms with Crippen LogP contribution in [0.5, 0.6) is 0 Å². The van der Waals surface area contributed by atoms with E-state index in [2.05, 4.69) is 345 Å². The summed E-state index contributed by atoms with van der Waals surface area (Å²) in [5.74, 6) is 0. The van der Waals surface area contributed by atoms with Crippen LogP contribution in [0, 0.1) is 125 Å². The van der Waals surface area contributed by atoms with Gasteiger partial charge in [0.2, 0.25) is 0 Å². The zero-order valence-electron chi connectivity index (χ0n) is 41.9. The molecule has 4 aliphatic carbocycles. The minimum atomic E-state index is -0.409. The van der Waals surface area contributed by atoms with Crippen LogP contribution in [0.2, 0.25) is 0 Å². The van der Waals surface area contributed by atoms with Crippen LogP contribution >= 0.6 is 50.7 Å². The Balaban J connectivity index is 0.000000162. The predicted octanol–water partition coefficient (Wildman–Crippen LogP) is 15.3. The van der Waals surface area contributed by atoms with Gasteiger partial charge in [-0.2, -0.15) is 0 Å². The second kappa shape index (κ2) is 37.0. The Morgan fingerprint density at radius 2 is 0.299 bits per heavy atom. The largest absolute Gasteiger partial charge is 2.00 e. The quantitative estimate of drug-likeness (QED) is 0.0845. The van der Waals surface area contributed by atoms with Gasteiger partial charge in [-0.15, -0.1) is 0 Å². The molecule has 77 heavy (non-hydrogen) atoms. The molecule has 0 atom stereocenters. The summed E-state index contributed by atoms with van der Waals surface area (Å²) in [4.78, 5) is 0. The van der Waals surface area contributed by atoms with E-state index in [1.807, 2.05) is 0 Å². The van der Waals surface area contributed by atoms with Crippen molar-refractivity contribution in [3.63, 3.8) is 0 Å². The fourth-order valence-electron chi connectivity index (χ4n) is 8.46. The van der Waals surface area contributed by atoms with Crippen molar-refractivity contribution in [3.8, 4) is 0 Å². The van der Waals surface area contributed by atoms with Crippen molar-refractivity contribution in [2.75, 3.05) is 0 Å². The fraction of sp³-hybridized carbons (Fsp3) is 0. The third-order valence-corrected chi connectivity index (χ3v) is 21.5. The number of halogens is 2. The summed E-state index contributed by atoms with van der Waals surface area (Å²) in [6, 6.07) is 86.2. The first-order valence-electron chi connectivity index (χ1n) is 24.5. The van der Waals surface area contributed by atoms with Crippen molar-refractivity contribution in [3.05, 3.63) is 368 Å². The van der Waals surface area contributed by atoms with Crippen molar-refractivity contribution in [1.29, 1.82) is 0 Å². The normalized spacial score (nSPS) is 15.5. The zero-order chi connectivity index (χ0) is 51.5. The Morgan fingerprint density at radius 3 is 0.403 bits per heavy atom. The molecule has 4 aliphatic rings. The summed E-state index contributed by atoms with van der Waals surface area (Å²) in [6.07, 6.45) is 34.8. The molecule has 0 saturated heterocycles. The van der Waals surface area contributed by atoms with Crippen molar-refractivity contribution in [2.24, 2.45) is 0 Å². The van der Waals surface area contributed by atoms with Crippen LogP contribution in [0.25, 0.3) is 0 Å². The molecule has 4 saturated carbocycles. The van der Waals surface area contributed by atoms with E-state index in [9.17, 15) is 0 Å². The molecule has 0 aromatic heterocycles. The molecule has 0 amide bonds. The van der Waals surface area contributed by atoms with Gasteiger partial charge in [0.15, 0.2) is 0 Å². The molecular weight excluding hydrogens is 1230 g/mol. The Morgan fingerprint density at radius 1 is 0.195 bits per heavy atom. The monoisotopic (exact) mass is 1280 g/mol. The van der Waals surface area contributed by atoms with Gasteiger partial charge in [0, 0.05) is 22.6 Å². The van der Waals surface area contributed by atoms with E-state index in [1.54, 1.807) is 0 Å². The predicted molar refractivity (Wildman–Crippen MR) is 330 cm³/mol. The molecular formula is C68H56Cl2Fe2P4Pd+4. The van der Waals surface area contributed by atoms with E-state index in [-0.39, 0.29) is 50.1 Å². The summed E-state index contributed by atoms with van der Waals surface area (Å²) in [5, 5.41) is 11.3.